The minimum absolute atomic E-state index is 0.497. The van der Waals surface area contributed by atoms with Crippen molar-refractivity contribution in [3.63, 3.8) is 0 Å². The number of rotatable bonds is 7. The van der Waals surface area contributed by atoms with Gasteiger partial charge in [-0.2, -0.15) is 0 Å². The molecule has 0 aliphatic carbocycles. The van der Waals surface area contributed by atoms with Crippen LogP contribution in [0.2, 0.25) is 0 Å². The zero-order valence-electron chi connectivity index (χ0n) is 43.1. The van der Waals surface area contributed by atoms with Gasteiger partial charge in [-0.15, -0.1) is 11.3 Å². The highest BCUT2D eigenvalue weighted by atomic mass is 32.1. The van der Waals surface area contributed by atoms with Crippen LogP contribution < -0.4 is 5.32 Å². The molecule has 5 heterocycles. The average molecular weight is 1040 g/mol. The lowest BCUT2D eigenvalue weighted by Crippen LogP contribution is -2.33. The van der Waals surface area contributed by atoms with Crippen LogP contribution in [0.5, 0.6) is 0 Å². The first kappa shape index (κ1) is 44.8. The minimum Gasteiger partial charge on any atom is -0.344 e. The Morgan fingerprint density at radius 3 is 1.54 bits per heavy atom. The SMILES string of the molecule is c1ccc(-n2c3ccccc3c3ccc(C4=NC(c5ccc(-n6c7ccccc7c7cc8ccccc8cc76)cc5-c5ccc6c(c5)sc5ccccc56)=NC(c5ccc6c7ccccc7n(-c7ccccc7)c6c5)N4)cc32)cc1. The molecule has 80 heavy (non-hydrogen) atoms. The van der Waals surface area contributed by atoms with Gasteiger partial charge in [-0.05, 0) is 125 Å². The lowest BCUT2D eigenvalue weighted by molar-refractivity contribution is 0.675. The summed E-state index contributed by atoms with van der Waals surface area (Å²) in [4.78, 5) is 11.4. The van der Waals surface area contributed by atoms with Crippen LogP contribution in [0.15, 0.2) is 277 Å². The van der Waals surface area contributed by atoms with Gasteiger partial charge in [0.2, 0.25) is 0 Å². The summed E-state index contributed by atoms with van der Waals surface area (Å²) in [5.41, 5.74) is 15.2. The standard InChI is InChI=1S/C73H46N6S/c1-3-19-50(20-4-1)77-63-27-13-9-23-53(63)56-35-32-48(41-66(56)77)71-74-72(49-33-36-57-54-24-10-14-28-64(54)78(67(57)42-49)51-21-5-2-6-22-51)76-73(75-71)60-38-34-52(44-61(60)47-31-37-59-58-26-12-16-30-69(58)80-70(59)43-47)79-65-29-15-11-25-55(65)62-39-45-17-7-8-18-46(45)40-68(62)79/h1-44,71H,(H,74,75,76). The van der Waals surface area contributed by atoms with Crippen LogP contribution in [0.25, 0.3) is 125 Å². The number of nitrogens with zero attached hydrogens (tertiary/aromatic N) is 5. The zero-order chi connectivity index (χ0) is 52.4. The second kappa shape index (κ2) is 17.6. The third-order valence-electron chi connectivity index (χ3n) is 16.5. The smallest absolute Gasteiger partial charge is 0.160 e. The fourth-order valence-corrected chi connectivity index (χ4v) is 13.9. The third-order valence-corrected chi connectivity index (χ3v) is 17.6. The van der Waals surface area contributed by atoms with Crippen LogP contribution in [0.1, 0.15) is 22.9 Å². The molecule has 0 bridgehead atoms. The molecule has 0 saturated heterocycles. The van der Waals surface area contributed by atoms with Crippen molar-refractivity contribution in [2.75, 3.05) is 0 Å². The Morgan fingerprint density at radius 1 is 0.325 bits per heavy atom. The molecule has 374 valence electrons. The second-order valence-electron chi connectivity index (χ2n) is 21.0. The summed E-state index contributed by atoms with van der Waals surface area (Å²) in [6, 6.07) is 97.1. The molecule has 17 rings (SSSR count). The van der Waals surface area contributed by atoms with Gasteiger partial charge in [0, 0.05) is 80.7 Å². The van der Waals surface area contributed by atoms with E-state index in [4.69, 9.17) is 9.98 Å². The molecular weight excluding hydrogens is 993 g/mol. The highest BCUT2D eigenvalue weighted by molar-refractivity contribution is 7.25. The number of benzene rings is 12. The number of thiophene rings is 1. The van der Waals surface area contributed by atoms with E-state index in [2.05, 4.69) is 286 Å². The van der Waals surface area contributed by atoms with E-state index in [-0.39, 0.29) is 0 Å². The van der Waals surface area contributed by atoms with E-state index < -0.39 is 6.17 Å². The van der Waals surface area contributed by atoms with Crippen molar-refractivity contribution in [2.45, 2.75) is 6.17 Å². The van der Waals surface area contributed by atoms with E-state index >= 15 is 0 Å². The summed E-state index contributed by atoms with van der Waals surface area (Å²) >= 11 is 1.84. The van der Waals surface area contributed by atoms with Crippen molar-refractivity contribution in [3.05, 3.63) is 284 Å². The molecule has 1 aliphatic heterocycles. The summed E-state index contributed by atoms with van der Waals surface area (Å²) in [6.07, 6.45) is -0.497. The van der Waals surface area contributed by atoms with Crippen molar-refractivity contribution in [3.8, 4) is 28.2 Å². The van der Waals surface area contributed by atoms with Gasteiger partial charge in [-0.1, -0.05) is 170 Å². The van der Waals surface area contributed by atoms with Crippen molar-refractivity contribution in [1.29, 1.82) is 0 Å². The van der Waals surface area contributed by atoms with Gasteiger partial charge in [0.25, 0.3) is 0 Å². The van der Waals surface area contributed by atoms with Crippen LogP contribution in [0, 0.1) is 0 Å². The van der Waals surface area contributed by atoms with Gasteiger partial charge in [0.15, 0.2) is 5.84 Å². The van der Waals surface area contributed by atoms with E-state index in [1.54, 1.807) is 0 Å². The quantitative estimate of drug-likeness (QED) is 0.170. The first-order chi connectivity index (χ1) is 39.6. The van der Waals surface area contributed by atoms with Crippen molar-refractivity contribution >= 4 is 119 Å². The van der Waals surface area contributed by atoms with Crippen molar-refractivity contribution in [2.24, 2.45) is 9.98 Å². The summed E-state index contributed by atoms with van der Waals surface area (Å²) in [5, 5.41) is 16.1. The number of para-hydroxylation sites is 5. The largest absolute Gasteiger partial charge is 0.344 e. The van der Waals surface area contributed by atoms with Gasteiger partial charge < -0.3 is 19.0 Å². The molecule has 1 unspecified atom stereocenters. The number of aliphatic imine (C=N–C) groups is 2. The number of fused-ring (bicyclic) bond motifs is 13. The van der Waals surface area contributed by atoms with E-state index in [1.165, 1.54) is 63.3 Å². The van der Waals surface area contributed by atoms with Gasteiger partial charge >= 0.3 is 0 Å². The van der Waals surface area contributed by atoms with Crippen LogP contribution in [-0.2, 0) is 0 Å². The van der Waals surface area contributed by atoms with E-state index in [9.17, 15) is 0 Å². The van der Waals surface area contributed by atoms with Crippen LogP contribution in [0.4, 0.5) is 0 Å². The number of hydrogen-bond acceptors (Lipinski definition) is 4. The molecule has 0 fully saturated rings. The molecule has 1 N–H and O–H groups in total. The summed E-state index contributed by atoms with van der Waals surface area (Å²) < 4.78 is 9.70. The molecule has 7 heteroatoms. The highest BCUT2D eigenvalue weighted by Crippen LogP contribution is 2.42. The first-order valence-electron chi connectivity index (χ1n) is 27.2. The second-order valence-corrected chi connectivity index (χ2v) is 22.0. The molecule has 0 saturated carbocycles. The Morgan fingerprint density at radius 2 is 0.838 bits per heavy atom. The number of hydrogen-bond donors (Lipinski definition) is 1. The van der Waals surface area contributed by atoms with E-state index in [1.807, 2.05) is 11.3 Å². The zero-order valence-corrected chi connectivity index (χ0v) is 43.9. The minimum atomic E-state index is -0.497. The Bertz CT molecular complexity index is 5290. The maximum Gasteiger partial charge on any atom is 0.160 e. The molecular formula is C73H46N6S. The summed E-state index contributed by atoms with van der Waals surface area (Å²) in [6.45, 7) is 0. The van der Waals surface area contributed by atoms with Crippen molar-refractivity contribution in [1.82, 2.24) is 19.0 Å². The maximum atomic E-state index is 5.73. The monoisotopic (exact) mass is 1040 g/mol. The number of amidine groups is 2. The third kappa shape index (κ3) is 6.91. The summed E-state index contributed by atoms with van der Waals surface area (Å²) in [7, 11) is 0. The predicted molar refractivity (Wildman–Crippen MR) is 337 cm³/mol. The highest BCUT2D eigenvalue weighted by Gasteiger charge is 2.27. The molecule has 4 aromatic heterocycles. The van der Waals surface area contributed by atoms with Crippen molar-refractivity contribution < 1.29 is 0 Å². The van der Waals surface area contributed by atoms with E-state index in [0.717, 1.165) is 83.8 Å². The number of aromatic nitrogens is 3. The van der Waals surface area contributed by atoms with Crippen LogP contribution in [0.3, 0.4) is 0 Å². The fraction of sp³-hybridized carbons (Fsp3) is 0.0137. The fourth-order valence-electron chi connectivity index (χ4n) is 12.8. The van der Waals surface area contributed by atoms with Gasteiger partial charge in [-0.25, -0.2) is 9.98 Å². The van der Waals surface area contributed by atoms with E-state index in [0.29, 0.717) is 5.84 Å². The van der Waals surface area contributed by atoms with Gasteiger partial charge in [-0.3, -0.25) is 0 Å². The molecule has 12 aromatic carbocycles. The van der Waals surface area contributed by atoms with Crippen LogP contribution in [-0.4, -0.2) is 25.4 Å². The Hall–Kier alpha value is -10.3. The lowest BCUT2D eigenvalue weighted by Gasteiger charge is -2.25. The topological polar surface area (TPSA) is 51.5 Å². The summed E-state index contributed by atoms with van der Waals surface area (Å²) in [5.74, 6) is 1.40. The lowest BCUT2D eigenvalue weighted by atomic mass is 9.96. The Balaban J connectivity index is 0.916. The normalized spacial score (nSPS) is 13.9. The molecule has 0 amide bonds. The Labute approximate surface area is 463 Å². The molecule has 6 nitrogen and oxygen atoms in total. The van der Waals surface area contributed by atoms with Gasteiger partial charge in [0.1, 0.15) is 12.0 Å². The molecule has 16 aromatic rings. The molecule has 1 atom stereocenters. The van der Waals surface area contributed by atoms with Crippen LogP contribution >= 0.6 is 11.3 Å². The first-order valence-corrected chi connectivity index (χ1v) is 28.1. The maximum absolute atomic E-state index is 5.73. The molecule has 0 spiro atoms. The predicted octanol–water partition coefficient (Wildman–Crippen LogP) is 18.7. The average Bonchev–Trinajstić information content (AvgIpc) is 4.39. The Kier molecular flexibility index (Phi) is 9.84. The number of nitrogens with one attached hydrogen (secondary N) is 1. The van der Waals surface area contributed by atoms with Gasteiger partial charge in [0.05, 0.1) is 33.1 Å². The molecule has 1 aliphatic rings. The molecule has 0 radical (unpaired) electrons.